The predicted octanol–water partition coefficient (Wildman–Crippen LogP) is 4.70. The van der Waals surface area contributed by atoms with Crippen molar-refractivity contribution in [1.82, 2.24) is 29.3 Å². The van der Waals surface area contributed by atoms with Crippen LogP contribution in [0.15, 0.2) is 42.4 Å². The summed E-state index contributed by atoms with van der Waals surface area (Å²) in [7, 11) is 1.36. The van der Waals surface area contributed by atoms with E-state index in [9.17, 15) is 14.4 Å². The smallest absolute Gasteiger partial charge is 0.337 e. The van der Waals surface area contributed by atoms with Gasteiger partial charge in [-0.2, -0.15) is 0 Å². The van der Waals surface area contributed by atoms with Gasteiger partial charge >= 0.3 is 12.0 Å². The number of nitrogens with zero attached hydrogens (tertiary/aromatic N) is 5. The standard InChI is InChI=1S/C29H36N6O4/c1-5-7-9-26-31-17-24(34(26)18-21-10-12-22(13-11-21)28(37)39-4)15-25-27(36)33(14-8-6-2)29(38)35(25)19-23-16-30-20(3)32-23/h10-13,15-17H,5-9,14,18-19H2,1-4H3,(H,30,32)/b25-15-. The molecule has 10 heteroatoms. The summed E-state index contributed by atoms with van der Waals surface area (Å²) >= 11 is 0. The van der Waals surface area contributed by atoms with Crippen molar-refractivity contribution in [3.63, 3.8) is 0 Å². The Morgan fingerprint density at radius 3 is 2.38 bits per heavy atom. The van der Waals surface area contributed by atoms with Gasteiger partial charge in [0.05, 0.1) is 43.0 Å². The topological polar surface area (TPSA) is 113 Å². The van der Waals surface area contributed by atoms with Gasteiger partial charge in [-0.1, -0.05) is 38.8 Å². The van der Waals surface area contributed by atoms with Crippen LogP contribution in [0.3, 0.4) is 0 Å². The molecule has 0 spiro atoms. The number of aromatic amines is 1. The SMILES string of the molecule is CCCCc1ncc(/C=C2/C(=O)N(CCCC)C(=O)N2Cc2cnc(C)[nH]2)n1Cc1ccc(C(=O)OC)cc1. The molecule has 0 saturated carbocycles. The highest BCUT2D eigenvalue weighted by molar-refractivity contribution is 6.13. The summed E-state index contributed by atoms with van der Waals surface area (Å²) < 4.78 is 6.88. The molecule has 206 valence electrons. The molecule has 0 atom stereocenters. The van der Waals surface area contributed by atoms with E-state index in [1.165, 1.54) is 16.9 Å². The van der Waals surface area contributed by atoms with Gasteiger partial charge in [0.15, 0.2) is 0 Å². The maximum absolute atomic E-state index is 13.5. The number of benzene rings is 1. The number of urea groups is 1. The van der Waals surface area contributed by atoms with Crippen LogP contribution < -0.4 is 0 Å². The van der Waals surface area contributed by atoms with Gasteiger partial charge < -0.3 is 14.3 Å². The lowest BCUT2D eigenvalue weighted by atomic mass is 10.1. The fraction of sp³-hybridized carbons (Fsp3) is 0.414. The molecule has 39 heavy (non-hydrogen) atoms. The summed E-state index contributed by atoms with van der Waals surface area (Å²) in [6, 6.07) is 6.91. The normalized spacial score (nSPS) is 14.6. The van der Waals surface area contributed by atoms with Crippen LogP contribution in [0.25, 0.3) is 6.08 Å². The molecule has 3 amide bonds. The number of carbonyl (C=O) groups excluding carboxylic acids is 3. The molecule has 1 aliphatic rings. The number of hydrogen-bond donors (Lipinski definition) is 1. The lowest BCUT2D eigenvalue weighted by molar-refractivity contribution is -0.123. The fourth-order valence-corrected chi connectivity index (χ4v) is 4.57. The Hall–Kier alpha value is -4.21. The van der Waals surface area contributed by atoms with Crippen LogP contribution in [0.2, 0.25) is 0 Å². The maximum atomic E-state index is 13.5. The van der Waals surface area contributed by atoms with E-state index in [1.54, 1.807) is 30.6 Å². The highest BCUT2D eigenvalue weighted by Gasteiger charge is 2.41. The van der Waals surface area contributed by atoms with Crippen molar-refractivity contribution >= 4 is 24.0 Å². The summed E-state index contributed by atoms with van der Waals surface area (Å²) in [5.41, 5.74) is 3.25. The van der Waals surface area contributed by atoms with E-state index in [0.29, 0.717) is 24.4 Å². The van der Waals surface area contributed by atoms with Crippen molar-refractivity contribution < 1.29 is 19.1 Å². The summed E-state index contributed by atoms with van der Waals surface area (Å²) in [6.07, 6.45) is 9.60. The Labute approximate surface area is 228 Å². The van der Waals surface area contributed by atoms with E-state index in [4.69, 9.17) is 4.74 Å². The van der Waals surface area contributed by atoms with Crippen LogP contribution in [0, 0.1) is 6.92 Å². The van der Waals surface area contributed by atoms with Crippen LogP contribution in [-0.4, -0.2) is 60.9 Å². The number of ether oxygens (including phenoxy) is 1. The van der Waals surface area contributed by atoms with Gasteiger partial charge in [-0.25, -0.2) is 19.6 Å². The Morgan fingerprint density at radius 2 is 1.74 bits per heavy atom. The molecular formula is C29H36N6O4. The number of hydrogen-bond acceptors (Lipinski definition) is 6. The van der Waals surface area contributed by atoms with E-state index >= 15 is 0 Å². The molecule has 3 heterocycles. The molecule has 1 aliphatic heterocycles. The second-order valence-corrected chi connectivity index (χ2v) is 9.68. The fourth-order valence-electron chi connectivity index (χ4n) is 4.57. The molecule has 0 bridgehead atoms. The Balaban J connectivity index is 1.71. The van der Waals surface area contributed by atoms with Gasteiger partial charge in [0.2, 0.25) is 0 Å². The van der Waals surface area contributed by atoms with Crippen molar-refractivity contribution in [3.05, 3.63) is 76.5 Å². The minimum Gasteiger partial charge on any atom is -0.465 e. The zero-order valence-electron chi connectivity index (χ0n) is 23.1. The molecule has 1 saturated heterocycles. The number of methoxy groups -OCH3 is 1. The van der Waals surface area contributed by atoms with Gasteiger partial charge in [0, 0.05) is 19.5 Å². The van der Waals surface area contributed by atoms with Crippen molar-refractivity contribution in [2.45, 2.75) is 66.0 Å². The monoisotopic (exact) mass is 532 g/mol. The second-order valence-electron chi connectivity index (χ2n) is 9.68. The van der Waals surface area contributed by atoms with Gasteiger partial charge in [-0.3, -0.25) is 14.6 Å². The third kappa shape index (κ3) is 6.27. The highest BCUT2D eigenvalue weighted by Crippen LogP contribution is 2.27. The first-order chi connectivity index (χ1) is 18.9. The number of amides is 3. The largest absolute Gasteiger partial charge is 0.465 e. The number of H-pyrrole nitrogens is 1. The number of nitrogens with one attached hydrogen (secondary N) is 1. The zero-order valence-corrected chi connectivity index (χ0v) is 23.1. The van der Waals surface area contributed by atoms with E-state index < -0.39 is 0 Å². The number of esters is 1. The Kier molecular flexibility index (Phi) is 8.96. The quantitative estimate of drug-likeness (QED) is 0.206. The number of carbonyl (C=O) groups is 3. The van der Waals surface area contributed by atoms with Gasteiger partial charge in [-0.05, 0) is 43.5 Å². The minimum atomic E-state index is -0.386. The number of aromatic nitrogens is 4. The molecule has 3 aromatic rings. The molecule has 0 aliphatic carbocycles. The predicted molar refractivity (Wildman–Crippen MR) is 147 cm³/mol. The first-order valence-corrected chi connectivity index (χ1v) is 13.4. The molecule has 1 aromatic carbocycles. The van der Waals surface area contributed by atoms with Crippen molar-refractivity contribution in [3.8, 4) is 0 Å². The van der Waals surface area contributed by atoms with Crippen molar-refractivity contribution in [2.24, 2.45) is 0 Å². The number of aryl methyl sites for hydroxylation is 2. The lowest BCUT2D eigenvalue weighted by Gasteiger charge is -2.16. The lowest BCUT2D eigenvalue weighted by Crippen LogP contribution is -2.33. The third-order valence-electron chi connectivity index (χ3n) is 6.76. The molecule has 10 nitrogen and oxygen atoms in total. The van der Waals surface area contributed by atoms with Crippen molar-refractivity contribution in [2.75, 3.05) is 13.7 Å². The molecule has 0 unspecified atom stereocenters. The average molecular weight is 533 g/mol. The van der Waals surface area contributed by atoms with Gasteiger partial charge in [0.1, 0.15) is 17.3 Å². The van der Waals surface area contributed by atoms with Crippen LogP contribution in [-0.2, 0) is 29.0 Å². The van der Waals surface area contributed by atoms with Crippen molar-refractivity contribution in [1.29, 1.82) is 0 Å². The number of imide groups is 1. The van der Waals surface area contributed by atoms with Gasteiger partial charge in [-0.15, -0.1) is 0 Å². The minimum absolute atomic E-state index is 0.214. The Bertz CT molecular complexity index is 1350. The molecule has 0 radical (unpaired) electrons. The van der Waals surface area contributed by atoms with Crippen LogP contribution >= 0.6 is 0 Å². The van der Waals surface area contributed by atoms with E-state index in [2.05, 4.69) is 26.4 Å². The molecule has 1 N–H and O–H groups in total. The zero-order chi connectivity index (χ0) is 27.9. The van der Waals surface area contributed by atoms with Crippen LogP contribution in [0.4, 0.5) is 4.79 Å². The van der Waals surface area contributed by atoms with Crippen LogP contribution in [0.1, 0.15) is 78.5 Å². The highest BCUT2D eigenvalue weighted by atomic mass is 16.5. The van der Waals surface area contributed by atoms with Gasteiger partial charge in [0.25, 0.3) is 5.91 Å². The maximum Gasteiger partial charge on any atom is 0.337 e. The first kappa shape index (κ1) is 27.8. The first-order valence-electron chi connectivity index (χ1n) is 13.4. The summed E-state index contributed by atoms with van der Waals surface area (Å²) in [5, 5.41) is 0. The Morgan fingerprint density at radius 1 is 1.00 bits per heavy atom. The van der Waals surface area contributed by atoms with Crippen LogP contribution in [0.5, 0.6) is 0 Å². The number of rotatable bonds is 12. The molecule has 2 aromatic heterocycles. The third-order valence-corrected chi connectivity index (χ3v) is 6.76. The van der Waals surface area contributed by atoms with E-state index in [-0.39, 0.29) is 24.5 Å². The molecular weight excluding hydrogens is 496 g/mol. The number of unbranched alkanes of at least 4 members (excludes halogenated alkanes) is 2. The molecule has 1 fully saturated rings. The summed E-state index contributed by atoms with van der Waals surface area (Å²) in [4.78, 5) is 53.6. The average Bonchev–Trinajstić information content (AvgIpc) is 3.59. The second kappa shape index (κ2) is 12.6. The summed E-state index contributed by atoms with van der Waals surface area (Å²) in [5.74, 6) is 0.946. The van der Waals surface area contributed by atoms with E-state index in [1.807, 2.05) is 26.0 Å². The molecule has 4 rings (SSSR count). The number of imidazole rings is 2. The summed E-state index contributed by atoms with van der Waals surface area (Å²) in [6.45, 7) is 7.09. The van der Waals surface area contributed by atoms with E-state index in [0.717, 1.165) is 60.7 Å².